The summed E-state index contributed by atoms with van der Waals surface area (Å²) in [6.07, 6.45) is 8.59. The highest BCUT2D eigenvalue weighted by Crippen LogP contribution is 2.38. The van der Waals surface area contributed by atoms with Crippen molar-refractivity contribution in [3.63, 3.8) is 0 Å². The van der Waals surface area contributed by atoms with Gasteiger partial charge < -0.3 is 0 Å². The molecule has 19 heavy (non-hydrogen) atoms. The van der Waals surface area contributed by atoms with Crippen LogP contribution in [0, 0.1) is 10.8 Å². The molecule has 0 bridgehead atoms. The largest absolute Gasteiger partial charge is 0.289 e. The lowest BCUT2D eigenvalue weighted by Gasteiger charge is -2.31. The van der Waals surface area contributed by atoms with Crippen molar-refractivity contribution in [2.75, 3.05) is 0 Å². The molecule has 1 aliphatic carbocycles. The molecule has 0 amide bonds. The van der Waals surface area contributed by atoms with E-state index in [0.29, 0.717) is 0 Å². The zero-order valence-corrected chi connectivity index (χ0v) is 13.6. The van der Waals surface area contributed by atoms with Gasteiger partial charge >= 0.3 is 0 Å². The number of ketones is 1. The monoisotopic (exact) mass is 260 g/mol. The van der Waals surface area contributed by atoms with Gasteiger partial charge in [0.1, 0.15) is 0 Å². The van der Waals surface area contributed by atoms with Gasteiger partial charge in [-0.25, -0.2) is 0 Å². The summed E-state index contributed by atoms with van der Waals surface area (Å²) in [5.74, 6) is 0.216. The van der Waals surface area contributed by atoms with E-state index >= 15 is 0 Å². The molecule has 0 fully saturated rings. The lowest BCUT2D eigenvalue weighted by atomic mass is 9.72. The van der Waals surface area contributed by atoms with E-state index in [0.717, 1.165) is 24.0 Å². The van der Waals surface area contributed by atoms with Gasteiger partial charge in [-0.15, -0.1) is 0 Å². The number of hydrogen-bond acceptors (Lipinski definition) is 1. The number of carbonyl (C=O) groups is 1. The normalized spacial score (nSPS) is 17.2. The zero-order valence-electron chi connectivity index (χ0n) is 13.6. The number of allylic oxidation sites excluding steroid dienone is 6. The van der Waals surface area contributed by atoms with Crippen LogP contribution in [0.5, 0.6) is 0 Å². The van der Waals surface area contributed by atoms with Crippen molar-refractivity contribution in [2.24, 2.45) is 10.8 Å². The Morgan fingerprint density at radius 3 is 1.68 bits per heavy atom. The summed E-state index contributed by atoms with van der Waals surface area (Å²) < 4.78 is 0. The quantitative estimate of drug-likeness (QED) is 0.663. The van der Waals surface area contributed by atoms with Crippen LogP contribution in [0.1, 0.15) is 61.3 Å². The lowest BCUT2D eigenvalue weighted by Crippen LogP contribution is -2.27. The molecule has 0 N–H and O–H groups in total. The van der Waals surface area contributed by atoms with Crippen LogP contribution in [0.4, 0.5) is 0 Å². The average Bonchev–Trinajstić information content (AvgIpc) is 2.24. The standard InChI is InChI=1S/C18H28O/c1-8-9-10-13-11-14(17(2,3)4)16(19)15(12-13)18(5,6)7/h10-12H,8-9H2,1-7H3. The highest BCUT2D eigenvalue weighted by molar-refractivity contribution is 6.11. The van der Waals surface area contributed by atoms with E-state index in [1.807, 2.05) is 0 Å². The van der Waals surface area contributed by atoms with Crippen molar-refractivity contribution >= 4 is 5.78 Å². The van der Waals surface area contributed by atoms with Gasteiger partial charge in [-0.1, -0.05) is 61.0 Å². The second kappa shape index (κ2) is 5.48. The summed E-state index contributed by atoms with van der Waals surface area (Å²) in [5.41, 5.74) is 2.85. The van der Waals surface area contributed by atoms with Crippen LogP contribution >= 0.6 is 0 Å². The molecule has 0 aromatic carbocycles. The minimum absolute atomic E-state index is 0.104. The Labute approximate surface area is 118 Å². The predicted molar refractivity (Wildman–Crippen MR) is 83.1 cm³/mol. The molecule has 1 heteroatoms. The van der Waals surface area contributed by atoms with Gasteiger partial charge in [-0.2, -0.15) is 0 Å². The first-order valence-electron chi connectivity index (χ1n) is 7.26. The molecule has 0 aromatic rings. The molecule has 0 radical (unpaired) electrons. The van der Waals surface area contributed by atoms with Crippen molar-refractivity contribution in [2.45, 2.75) is 61.3 Å². The van der Waals surface area contributed by atoms with Crippen LogP contribution in [0.3, 0.4) is 0 Å². The molecule has 0 aromatic heterocycles. The van der Waals surface area contributed by atoms with Gasteiger partial charge in [0.25, 0.3) is 0 Å². The Kier molecular flexibility index (Phi) is 4.60. The van der Waals surface area contributed by atoms with Crippen molar-refractivity contribution in [1.29, 1.82) is 0 Å². The van der Waals surface area contributed by atoms with Crippen molar-refractivity contribution in [3.05, 3.63) is 34.9 Å². The van der Waals surface area contributed by atoms with Crippen molar-refractivity contribution < 1.29 is 4.79 Å². The second-order valence-electron chi connectivity index (χ2n) is 7.44. The van der Waals surface area contributed by atoms with Crippen molar-refractivity contribution in [3.8, 4) is 0 Å². The number of Topliss-reactive ketones (excluding diaryl/α,β-unsaturated/α-hetero) is 1. The highest BCUT2D eigenvalue weighted by Gasteiger charge is 2.33. The van der Waals surface area contributed by atoms with Crippen LogP contribution in [0.15, 0.2) is 34.9 Å². The van der Waals surface area contributed by atoms with Gasteiger partial charge in [0, 0.05) is 11.1 Å². The maximum atomic E-state index is 12.7. The summed E-state index contributed by atoms with van der Waals surface area (Å²) in [5, 5.41) is 0. The molecular weight excluding hydrogens is 232 g/mol. The Morgan fingerprint density at radius 2 is 1.37 bits per heavy atom. The summed E-state index contributed by atoms with van der Waals surface area (Å²) in [7, 11) is 0. The molecule has 0 saturated carbocycles. The van der Waals surface area contributed by atoms with Crippen LogP contribution < -0.4 is 0 Å². The van der Waals surface area contributed by atoms with Gasteiger partial charge in [0.05, 0.1) is 0 Å². The lowest BCUT2D eigenvalue weighted by molar-refractivity contribution is -0.114. The van der Waals surface area contributed by atoms with E-state index in [1.165, 1.54) is 5.57 Å². The van der Waals surface area contributed by atoms with Gasteiger partial charge in [-0.05, 0) is 35.0 Å². The van der Waals surface area contributed by atoms with E-state index in [2.05, 4.69) is 66.7 Å². The molecule has 1 aliphatic rings. The maximum Gasteiger partial charge on any atom is 0.186 e. The summed E-state index contributed by atoms with van der Waals surface area (Å²) in [6, 6.07) is 0. The summed E-state index contributed by atoms with van der Waals surface area (Å²) in [6.45, 7) is 14.8. The molecule has 0 heterocycles. The van der Waals surface area contributed by atoms with Gasteiger partial charge in [0.2, 0.25) is 0 Å². The average molecular weight is 260 g/mol. The molecular formula is C18H28O. The summed E-state index contributed by atoms with van der Waals surface area (Å²) in [4.78, 5) is 12.7. The molecule has 0 spiro atoms. The fraction of sp³-hybridized carbons (Fsp3) is 0.611. The minimum atomic E-state index is -0.104. The molecule has 0 saturated heterocycles. The molecule has 0 atom stereocenters. The third-order valence-electron chi connectivity index (χ3n) is 3.40. The predicted octanol–water partition coefficient (Wildman–Crippen LogP) is 5.24. The molecule has 0 aliphatic heterocycles. The van der Waals surface area contributed by atoms with E-state index in [4.69, 9.17) is 0 Å². The van der Waals surface area contributed by atoms with Crippen molar-refractivity contribution in [1.82, 2.24) is 0 Å². The molecule has 1 rings (SSSR count). The van der Waals surface area contributed by atoms with E-state index in [1.54, 1.807) is 0 Å². The van der Waals surface area contributed by atoms with Gasteiger partial charge in [-0.3, -0.25) is 4.79 Å². The number of unbranched alkanes of at least 4 members (excludes halogenated alkanes) is 1. The number of rotatable bonds is 2. The van der Waals surface area contributed by atoms with E-state index in [-0.39, 0.29) is 16.6 Å². The van der Waals surface area contributed by atoms with Crippen LogP contribution in [0.25, 0.3) is 0 Å². The SMILES string of the molecule is CCCC=C1C=C(C(C)(C)C)C(=O)C(C(C)(C)C)=C1. The molecule has 106 valence electrons. The Morgan fingerprint density at radius 1 is 0.947 bits per heavy atom. The Hall–Kier alpha value is -1.11. The maximum absolute atomic E-state index is 12.7. The molecule has 1 nitrogen and oxygen atoms in total. The Bertz CT molecular complexity index is 409. The fourth-order valence-electron chi connectivity index (χ4n) is 2.19. The topological polar surface area (TPSA) is 17.1 Å². The molecule has 0 unspecified atom stereocenters. The first kappa shape index (κ1) is 15.9. The minimum Gasteiger partial charge on any atom is -0.289 e. The second-order valence-corrected chi connectivity index (χ2v) is 7.44. The van der Waals surface area contributed by atoms with Gasteiger partial charge in [0.15, 0.2) is 5.78 Å². The van der Waals surface area contributed by atoms with E-state index < -0.39 is 0 Å². The summed E-state index contributed by atoms with van der Waals surface area (Å²) >= 11 is 0. The fourth-order valence-corrected chi connectivity index (χ4v) is 2.19. The Balaban J connectivity index is 3.30. The first-order valence-corrected chi connectivity index (χ1v) is 7.26. The van der Waals surface area contributed by atoms with E-state index in [9.17, 15) is 4.79 Å². The highest BCUT2D eigenvalue weighted by atomic mass is 16.1. The van der Waals surface area contributed by atoms with Crippen LogP contribution in [-0.2, 0) is 4.79 Å². The van der Waals surface area contributed by atoms with Crippen LogP contribution in [0.2, 0.25) is 0 Å². The van der Waals surface area contributed by atoms with Crippen LogP contribution in [-0.4, -0.2) is 5.78 Å². The third kappa shape index (κ3) is 3.92. The third-order valence-corrected chi connectivity index (χ3v) is 3.40. The first-order chi connectivity index (χ1) is 8.57. The number of hydrogen-bond donors (Lipinski definition) is 0. The smallest absolute Gasteiger partial charge is 0.186 e. The zero-order chi connectivity index (χ0) is 14.8. The number of carbonyl (C=O) groups excluding carboxylic acids is 1.